The molecule has 1 aliphatic rings. The van der Waals surface area contributed by atoms with Crippen LogP contribution in [0.15, 0.2) is 24.3 Å². The van der Waals surface area contributed by atoms with Crippen molar-refractivity contribution in [3.8, 4) is 0 Å². The van der Waals surface area contributed by atoms with Gasteiger partial charge in [0.15, 0.2) is 0 Å². The minimum atomic E-state index is -0.859. The van der Waals surface area contributed by atoms with Gasteiger partial charge in [0, 0.05) is 18.8 Å². The van der Waals surface area contributed by atoms with E-state index in [4.69, 9.17) is 5.11 Å². The van der Waals surface area contributed by atoms with Crippen molar-refractivity contribution in [2.75, 3.05) is 24.6 Å². The van der Waals surface area contributed by atoms with E-state index in [-0.39, 0.29) is 0 Å². The Hall–Kier alpha value is -1.00. The molecular weight excluding hydrogens is 234 g/mol. The van der Waals surface area contributed by atoms with Crippen molar-refractivity contribution in [1.29, 1.82) is 0 Å². The fraction of sp³-hybridized carbons (Fsp3) is 0.462. The number of rotatable bonds is 3. The van der Waals surface area contributed by atoms with E-state index in [0.29, 0.717) is 5.56 Å². The van der Waals surface area contributed by atoms with Gasteiger partial charge in [-0.15, -0.1) is 0 Å². The smallest absolute Gasteiger partial charge is 0.335 e. The molecule has 2 rings (SSSR count). The molecule has 0 spiro atoms. The lowest BCUT2D eigenvalue weighted by molar-refractivity contribution is 0.0697. The van der Waals surface area contributed by atoms with E-state index < -0.39 is 5.97 Å². The standard InChI is InChI=1S/C13H17NO2S/c15-13(16)12-4-2-11(3-5-12)10-14-6-1-8-17-9-7-14/h2-5H,1,6-10H2,(H,15,16). The number of aromatic carboxylic acids is 1. The number of hydrogen-bond acceptors (Lipinski definition) is 3. The van der Waals surface area contributed by atoms with Crippen molar-refractivity contribution in [2.45, 2.75) is 13.0 Å². The summed E-state index contributed by atoms with van der Waals surface area (Å²) >= 11 is 2.02. The van der Waals surface area contributed by atoms with E-state index in [0.717, 1.165) is 19.6 Å². The van der Waals surface area contributed by atoms with Crippen molar-refractivity contribution in [2.24, 2.45) is 0 Å². The summed E-state index contributed by atoms with van der Waals surface area (Å²) in [5, 5.41) is 8.82. The molecule has 1 aromatic carbocycles. The summed E-state index contributed by atoms with van der Waals surface area (Å²) in [6.07, 6.45) is 1.25. The Morgan fingerprint density at radius 3 is 2.71 bits per heavy atom. The van der Waals surface area contributed by atoms with E-state index >= 15 is 0 Å². The lowest BCUT2D eigenvalue weighted by Crippen LogP contribution is -2.25. The lowest BCUT2D eigenvalue weighted by atomic mass is 10.1. The zero-order valence-corrected chi connectivity index (χ0v) is 10.6. The summed E-state index contributed by atoms with van der Waals surface area (Å²) in [4.78, 5) is 13.2. The third kappa shape index (κ3) is 3.75. The van der Waals surface area contributed by atoms with Gasteiger partial charge in [-0.2, -0.15) is 11.8 Å². The van der Waals surface area contributed by atoms with Crippen molar-refractivity contribution in [3.63, 3.8) is 0 Å². The molecule has 1 fully saturated rings. The normalized spacial score (nSPS) is 17.6. The van der Waals surface area contributed by atoms with Crippen molar-refractivity contribution in [3.05, 3.63) is 35.4 Å². The topological polar surface area (TPSA) is 40.5 Å². The molecule has 0 atom stereocenters. The molecule has 3 nitrogen and oxygen atoms in total. The molecule has 0 radical (unpaired) electrons. The monoisotopic (exact) mass is 251 g/mol. The summed E-state index contributed by atoms with van der Waals surface area (Å²) in [7, 11) is 0. The third-order valence-electron chi connectivity index (χ3n) is 2.92. The summed E-state index contributed by atoms with van der Waals surface area (Å²) in [5.74, 6) is 1.60. The third-order valence-corrected chi connectivity index (χ3v) is 3.97. The molecule has 1 N–H and O–H groups in total. The van der Waals surface area contributed by atoms with Crippen LogP contribution in [0.2, 0.25) is 0 Å². The fourth-order valence-electron chi connectivity index (χ4n) is 1.97. The van der Waals surface area contributed by atoms with Crippen molar-refractivity contribution < 1.29 is 9.90 Å². The van der Waals surface area contributed by atoms with Crippen molar-refractivity contribution in [1.82, 2.24) is 4.90 Å². The van der Waals surface area contributed by atoms with Crippen LogP contribution < -0.4 is 0 Å². The number of nitrogens with zero attached hydrogens (tertiary/aromatic N) is 1. The van der Waals surface area contributed by atoms with Crippen LogP contribution in [0, 0.1) is 0 Å². The average Bonchev–Trinajstić information content (AvgIpc) is 2.58. The van der Waals surface area contributed by atoms with Crippen LogP contribution in [0.25, 0.3) is 0 Å². The molecule has 0 unspecified atom stereocenters. The highest BCUT2D eigenvalue weighted by molar-refractivity contribution is 7.99. The predicted octanol–water partition coefficient (Wildman–Crippen LogP) is 2.32. The predicted molar refractivity (Wildman–Crippen MR) is 70.6 cm³/mol. The van der Waals surface area contributed by atoms with Gasteiger partial charge in [-0.25, -0.2) is 4.79 Å². The molecule has 1 aliphatic heterocycles. The van der Waals surface area contributed by atoms with Gasteiger partial charge in [0.1, 0.15) is 0 Å². The number of benzene rings is 1. The van der Waals surface area contributed by atoms with Gasteiger partial charge in [0.25, 0.3) is 0 Å². The Morgan fingerprint density at radius 2 is 2.00 bits per heavy atom. The zero-order chi connectivity index (χ0) is 12.1. The Bertz CT molecular complexity index is 370. The van der Waals surface area contributed by atoms with E-state index in [2.05, 4.69) is 4.90 Å². The first-order chi connectivity index (χ1) is 8.25. The molecule has 1 saturated heterocycles. The van der Waals surface area contributed by atoms with E-state index in [9.17, 15) is 4.79 Å². The quantitative estimate of drug-likeness (QED) is 0.895. The summed E-state index contributed by atoms with van der Waals surface area (Å²) in [6, 6.07) is 7.21. The highest BCUT2D eigenvalue weighted by Crippen LogP contribution is 2.13. The molecule has 4 heteroatoms. The number of thioether (sulfide) groups is 1. The first kappa shape index (κ1) is 12.5. The van der Waals surface area contributed by atoms with Crippen molar-refractivity contribution >= 4 is 17.7 Å². The summed E-state index contributed by atoms with van der Waals surface area (Å²) < 4.78 is 0. The second kappa shape index (κ2) is 6.07. The van der Waals surface area contributed by atoms with Crippen LogP contribution in [0.5, 0.6) is 0 Å². The SMILES string of the molecule is O=C(O)c1ccc(CN2CCCSCC2)cc1. The van der Waals surface area contributed by atoms with Crippen LogP contribution >= 0.6 is 11.8 Å². The maximum absolute atomic E-state index is 10.7. The Morgan fingerprint density at radius 1 is 1.24 bits per heavy atom. The van der Waals surface area contributed by atoms with Crippen LogP contribution in [0.4, 0.5) is 0 Å². The highest BCUT2D eigenvalue weighted by atomic mass is 32.2. The van der Waals surface area contributed by atoms with Crippen LogP contribution in [-0.2, 0) is 6.54 Å². The van der Waals surface area contributed by atoms with Crippen LogP contribution in [0.1, 0.15) is 22.3 Å². The molecule has 1 aromatic rings. The summed E-state index contributed by atoms with van der Waals surface area (Å²) in [5.41, 5.74) is 1.56. The first-order valence-corrected chi connectivity index (χ1v) is 7.03. The maximum Gasteiger partial charge on any atom is 0.335 e. The summed E-state index contributed by atoms with van der Waals surface area (Å²) in [6.45, 7) is 3.21. The molecular formula is C13H17NO2S. The van der Waals surface area contributed by atoms with E-state index in [1.807, 2.05) is 23.9 Å². The van der Waals surface area contributed by atoms with E-state index in [1.165, 1.54) is 23.5 Å². The first-order valence-electron chi connectivity index (χ1n) is 5.88. The lowest BCUT2D eigenvalue weighted by Gasteiger charge is -2.19. The number of carbonyl (C=O) groups is 1. The minimum Gasteiger partial charge on any atom is -0.478 e. The zero-order valence-electron chi connectivity index (χ0n) is 9.76. The molecule has 0 amide bonds. The van der Waals surface area contributed by atoms with E-state index in [1.54, 1.807) is 12.1 Å². The van der Waals surface area contributed by atoms with Gasteiger partial charge < -0.3 is 5.11 Å². The maximum atomic E-state index is 10.7. The highest BCUT2D eigenvalue weighted by Gasteiger charge is 2.10. The van der Waals surface area contributed by atoms with Gasteiger partial charge in [-0.3, -0.25) is 4.90 Å². The van der Waals surface area contributed by atoms with Crippen LogP contribution in [0.3, 0.4) is 0 Å². The Kier molecular flexibility index (Phi) is 4.45. The largest absolute Gasteiger partial charge is 0.478 e. The van der Waals surface area contributed by atoms with Gasteiger partial charge in [0.2, 0.25) is 0 Å². The molecule has 0 aliphatic carbocycles. The van der Waals surface area contributed by atoms with Gasteiger partial charge in [-0.05, 0) is 36.4 Å². The van der Waals surface area contributed by atoms with Gasteiger partial charge >= 0.3 is 5.97 Å². The Balaban J connectivity index is 1.95. The number of hydrogen-bond donors (Lipinski definition) is 1. The molecule has 92 valence electrons. The van der Waals surface area contributed by atoms with Gasteiger partial charge in [0.05, 0.1) is 5.56 Å². The molecule has 1 heterocycles. The second-order valence-corrected chi connectivity index (χ2v) is 5.47. The average molecular weight is 251 g/mol. The second-order valence-electron chi connectivity index (χ2n) is 4.24. The number of carboxylic acids is 1. The number of carboxylic acid groups (broad SMARTS) is 1. The molecule has 0 saturated carbocycles. The molecule has 0 aromatic heterocycles. The minimum absolute atomic E-state index is 0.361. The van der Waals surface area contributed by atoms with Crippen LogP contribution in [-0.4, -0.2) is 40.6 Å². The molecule has 17 heavy (non-hydrogen) atoms. The van der Waals surface area contributed by atoms with Gasteiger partial charge in [-0.1, -0.05) is 12.1 Å². The Labute approximate surface area is 106 Å². The molecule has 0 bridgehead atoms. The fourth-order valence-corrected chi connectivity index (χ4v) is 2.89.